The standard InChI is InChI=1S/C27H40N4O4/c1-2-35-24-7-4-3-6-23(24)28-16-18-29(19-17-28)26(34)30-14-5-12-27(20-30)13-15-31(25(27)33)21-8-10-22(32)11-9-21/h3-4,6-7,21-22,32H,2,5,8-20H2,1H3. The van der Waals surface area contributed by atoms with Gasteiger partial charge in [0.15, 0.2) is 0 Å². The summed E-state index contributed by atoms with van der Waals surface area (Å²) in [6.07, 6.45) is 5.75. The first-order valence-corrected chi connectivity index (χ1v) is 13.5. The van der Waals surface area contributed by atoms with Crippen LogP contribution in [-0.4, -0.2) is 96.3 Å². The fraction of sp³-hybridized carbons (Fsp3) is 0.704. The van der Waals surface area contributed by atoms with Crippen LogP contribution >= 0.6 is 0 Å². The fourth-order valence-electron chi connectivity index (χ4n) is 6.57. The van der Waals surface area contributed by atoms with Crippen molar-refractivity contribution in [3.63, 3.8) is 0 Å². The van der Waals surface area contributed by atoms with Crippen molar-refractivity contribution in [3.05, 3.63) is 24.3 Å². The number of likely N-dealkylation sites (tertiary alicyclic amines) is 2. The normalized spacial score (nSPS) is 29.7. The number of hydrogen-bond acceptors (Lipinski definition) is 5. The van der Waals surface area contributed by atoms with Gasteiger partial charge in [-0.25, -0.2) is 4.79 Å². The van der Waals surface area contributed by atoms with Gasteiger partial charge in [-0.05, 0) is 64.0 Å². The zero-order valence-electron chi connectivity index (χ0n) is 21.0. The molecule has 3 aliphatic heterocycles. The molecule has 192 valence electrons. The minimum absolute atomic E-state index is 0.0776. The Hall–Kier alpha value is -2.48. The smallest absolute Gasteiger partial charge is 0.320 e. The number of piperidine rings is 1. The minimum atomic E-state index is -0.414. The Morgan fingerprint density at radius 2 is 1.74 bits per heavy atom. The Bertz CT molecular complexity index is 910. The molecule has 8 heteroatoms. The maximum Gasteiger partial charge on any atom is 0.320 e. The first kappa shape index (κ1) is 24.2. The molecule has 0 aromatic heterocycles. The molecule has 3 saturated heterocycles. The van der Waals surface area contributed by atoms with Gasteiger partial charge in [0.25, 0.3) is 0 Å². The van der Waals surface area contributed by atoms with E-state index in [1.54, 1.807) is 0 Å². The predicted octanol–water partition coefficient (Wildman–Crippen LogP) is 2.95. The summed E-state index contributed by atoms with van der Waals surface area (Å²) in [5.41, 5.74) is 0.674. The Morgan fingerprint density at radius 1 is 1.00 bits per heavy atom. The highest BCUT2D eigenvalue weighted by Crippen LogP contribution is 2.42. The highest BCUT2D eigenvalue weighted by atomic mass is 16.5. The summed E-state index contributed by atoms with van der Waals surface area (Å²) in [5, 5.41) is 9.85. The first-order chi connectivity index (χ1) is 17.0. The molecule has 1 aromatic rings. The van der Waals surface area contributed by atoms with E-state index in [-0.39, 0.29) is 24.1 Å². The summed E-state index contributed by atoms with van der Waals surface area (Å²) < 4.78 is 5.80. The van der Waals surface area contributed by atoms with Gasteiger partial charge in [0.2, 0.25) is 5.91 Å². The van der Waals surface area contributed by atoms with E-state index in [1.165, 1.54) is 0 Å². The Morgan fingerprint density at radius 3 is 2.49 bits per heavy atom. The predicted molar refractivity (Wildman–Crippen MR) is 135 cm³/mol. The maximum atomic E-state index is 13.6. The Kier molecular flexibility index (Phi) is 7.09. The van der Waals surface area contributed by atoms with Gasteiger partial charge in [-0.2, -0.15) is 0 Å². The van der Waals surface area contributed by atoms with Crippen LogP contribution in [0, 0.1) is 5.41 Å². The molecule has 1 unspecified atom stereocenters. The molecule has 4 aliphatic rings. The summed E-state index contributed by atoms with van der Waals surface area (Å²) in [5.74, 6) is 1.14. The van der Waals surface area contributed by atoms with Crippen LogP contribution < -0.4 is 9.64 Å². The molecule has 1 spiro atoms. The number of piperazine rings is 1. The number of aliphatic hydroxyl groups excluding tert-OH is 1. The van der Waals surface area contributed by atoms with E-state index in [1.807, 2.05) is 34.9 Å². The van der Waals surface area contributed by atoms with Crippen molar-refractivity contribution in [2.24, 2.45) is 5.41 Å². The summed E-state index contributed by atoms with van der Waals surface area (Å²) in [4.78, 5) is 35.3. The van der Waals surface area contributed by atoms with Crippen LogP contribution in [0.3, 0.4) is 0 Å². The number of urea groups is 1. The lowest BCUT2D eigenvalue weighted by Gasteiger charge is -2.43. The van der Waals surface area contributed by atoms with E-state index in [9.17, 15) is 14.7 Å². The number of nitrogens with zero attached hydrogens (tertiary/aromatic N) is 4. The highest BCUT2D eigenvalue weighted by Gasteiger charge is 2.51. The van der Waals surface area contributed by atoms with Crippen molar-refractivity contribution in [2.75, 3.05) is 57.3 Å². The molecular formula is C27H40N4O4. The van der Waals surface area contributed by atoms with Crippen LogP contribution in [0.5, 0.6) is 5.75 Å². The van der Waals surface area contributed by atoms with Crippen LogP contribution in [0.25, 0.3) is 0 Å². The molecule has 1 atom stereocenters. The summed E-state index contributed by atoms with van der Waals surface area (Å²) in [7, 11) is 0. The average molecular weight is 485 g/mol. The number of ether oxygens (including phenoxy) is 1. The molecule has 1 aliphatic carbocycles. The third-order valence-electron chi connectivity index (χ3n) is 8.56. The van der Waals surface area contributed by atoms with Crippen molar-refractivity contribution in [1.82, 2.24) is 14.7 Å². The molecule has 0 bridgehead atoms. The van der Waals surface area contributed by atoms with Crippen LogP contribution in [0.4, 0.5) is 10.5 Å². The maximum absolute atomic E-state index is 13.6. The van der Waals surface area contributed by atoms with Gasteiger partial charge in [-0.3, -0.25) is 4.79 Å². The van der Waals surface area contributed by atoms with Crippen LogP contribution in [-0.2, 0) is 4.79 Å². The topological polar surface area (TPSA) is 76.6 Å². The zero-order chi connectivity index (χ0) is 24.4. The van der Waals surface area contributed by atoms with E-state index >= 15 is 0 Å². The molecule has 1 N–H and O–H groups in total. The zero-order valence-corrected chi connectivity index (χ0v) is 21.0. The summed E-state index contributed by atoms with van der Waals surface area (Å²) >= 11 is 0. The second-order valence-electron chi connectivity index (χ2n) is 10.7. The van der Waals surface area contributed by atoms with Gasteiger partial charge < -0.3 is 29.4 Å². The Labute approximate surface area is 208 Å². The largest absolute Gasteiger partial charge is 0.492 e. The average Bonchev–Trinajstić information content (AvgIpc) is 3.19. The summed E-state index contributed by atoms with van der Waals surface area (Å²) in [6.45, 7) is 7.59. The molecule has 4 fully saturated rings. The molecule has 5 rings (SSSR count). The number of hydrogen-bond donors (Lipinski definition) is 1. The molecular weight excluding hydrogens is 444 g/mol. The molecule has 35 heavy (non-hydrogen) atoms. The lowest BCUT2D eigenvalue weighted by atomic mass is 9.78. The highest BCUT2D eigenvalue weighted by molar-refractivity contribution is 5.86. The van der Waals surface area contributed by atoms with E-state index in [0.29, 0.717) is 26.2 Å². The monoisotopic (exact) mass is 484 g/mol. The minimum Gasteiger partial charge on any atom is -0.492 e. The van der Waals surface area contributed by atoms with Crippen molar-refractivity contribution in [3.8, 4) is 5.75 Å². The number of carbonyl (C=O) groups excluding carboxylic acids is 2. The lowest BCUT2D eigenvalue weighted by molar-refractivity contribution is -0.141. The number of rotatable bonds is 4. The second kappa shape index (κ2) is 10.2. The number of amides is 3. The lowest BCUT2D eigenvalue weighted by Crippen LogP contribution is -2.57. The van der Waals surface area contributed by atoms with Gasteiger partial charge in [-0.1, -0.05) is 12.1 Å². The fourth-order valence-corrected chi connectivity index (χ4v) is 6.57. The number of para-hydroxylation sites is 2. The van der Waals surface area contributed by atoms with Crippen molar-refractivity contribution < 1.29 is 19.4 Å². The SMILES string of the molecule is CCOc1ccccc1N1CCN(C(=O)N2CCCC3(CCN(C4CCC(O)CC4)C3=O)C2)CC1. The molecule has 1 saturated carbocycles. The van der Waals surface area contributed by atoms with Crippen molar-refractivity contribution >= 4 is 17.6 Å². The van der Waals surface area contributed by atoms with E-state index in [4.69, 9.17) is 4.74 Å². The number of carbonyl (C=O) groups is 2. The molecule has 3 amide bonds. The van der Waals surface area contributed by atoms with Gasteiger partial charge in [0, 0.05) is 51.9 Å². The first-order valence-electron chi connectivity index (χ1n) is 13.5. The van der Waals surface area contributed by atoms with Gasteiger partial charge in [-0.15, -0.1) is 0 Å². The number of anilines is 1. The van der Waals surface area contributed by atoms with Gasteiger partial charge in [0.1, 0.15) is 5.75 Å². The van der Waals surface area contributed by atoms with E-state index in [2.05, 4.69) is 15.9 Å². The van der Waals surface area contributed by atoms with Gasteiger partial charge >= 0.3 is 6.03 Å². The summed E-state index contributed by atoms with van der Waals surface area (Å²) in [6, 6.07) is 8.43. The van der Waals surface area contributed by atoms with Crippen molar-refractivity contribution in [1.29, 1.82) is 0 Å². The third kappa shape index (κ3) is 4.82. The Balaban J connectivity index is 1.19. The van der Waals surface area contributed by atoms with E-state index in [0.717, 1.165) is 82.6 Å². The number of aliphatic hydroxyl groups is 1. The molecule has 0 radical (unpaired) electrons. The molecule has 3 heterocycles. The van der Waals surface area contributed by atoms with Crippen molar-refractivity contribution in [2.45, 2.75) is 64.0 Å². The molecule has 8 nitrogen and oxygen atoms in total. The quantitative estimate of drug-likeness (QED) is 0.711. The van der Waals surface area contributed by atoms with Gasteiger partial charge in [0.05, 0.1) is 23.8 Å². The van der Waals surface area contributed by atoms with E-state index < -0.39 is 5.41 Å². The molecule has 1 aromatic carbocycles. The van der Waals surface area contributed by atoms with Crippen LogP contribution in [0.1, 0.15) is 51.9 Å². The third-order valence-corrected chi connectivity index (χ3v) is 8.56. The second-order valence-corrected chi connectivity index (χ2v) is 10.7. The number of benzene rings is 1. The van der Waals surface area contributed by atoms with Crippen LogP contribution in [0.15, 0.2) is 24.3 Å². The van der Waals surface area contributed by atoms with Crippen LogP contribution in [0.2, 0.25) is 0 Å².